The van der Waals surface area contributed by atoms with Gasteiger partial charge in [-0.15, -0.1) is 0 Å². The Kier molecular flexibility index (Phi) is 8.32. The van der Waals surface area contributed by atoms with Crippen LogP contribution in [0.25, 0.3) is 21.5 Å². The van der Waals surface area contributed by atoms with Gasteiger partial charge in [-0.1, -0.05) is 122 Å². The molecule has 0 heterocycles. The van der Waals surface area contributed by atoms with Gasteiger partial charge in [-0.2, -0.15) is 0 Å². The highest BCUT2D eigenvalue weighted by Gasteiger charge is 2.24. The summed E-state index contributed by atoms with van der Waals surface area (Å²) in [6, 6.07) is 34.4. The van der Waals surface area contributed by atoms with E-state index in [4.69, 9.17) is 9.47 Å². The van der Waals surface area contributed by atoms with Crippen molar-refractivity contribution < 1.29 is 14.3 Å². The van der Waals surface area contributed by atoms with Crippen LogP contribution in [-0.2, 0) is 21.6 Å². The highest BCUT2D eigenvalue weighted by molar-refractivity contribution is 6.77. The molecule has 0 saturated carbocycles. The van der Waals surface area contributed by atoms with Crippen LogP contribution in [0.1, 0.15) is 11.1 Å². The summed E-state index contributed by atoms with van der Waals surface area (Å²) < 4.78 is 10.9. The van der Waals surface area contributed by atoms with Crippen LogP contribution in [-0.4, -0.2) is 35.5 Å². The molecule has 0 spiro atoms. The van der Waals surface area contributed by atoms with Crippen LogP contribution in [0, 0.1) is 0 Å². The van der Waals surface area contributed by atoms with E-state index in [-0.39, 0.29) is 0 Å². The van der Waals surface area contributed by atoms with Crippen LogP contribution in [0.5, 0.6) is 0 Å². The summed E-state index contributed by atoms with van der Waals surface area (Å²) in [5.41, 5.74) is 2.73. The lowest BCUT2D eigenvalue weighted by Gasteiger charge is -2.23. The maximum atomic E-state index is 12.2. The van der Waals surface area contributed by atoms with Crippen molar-refractivity contribution in [3.8, 4) is 0 Å². The van der Waals surface area contributed by atoms with Crippen LogP contribution in [0.4, 0.5) is 4.79 Å². The maximum absolute atomic E-state index is 12.2. The summed E-state index contributed by atoms with van der Waals surface area (Å²) in [6.45, 7) is 10.3. The van der Waals surface area contributed by atoms with Gasteiger partial charge < -0.3 is 9.47 Å². The van der Waals surface area contributed by atoms with Gasteiger partial charge >= 0.3 is 6.16 Å². The average Bonchev–Trinajstić information content (AvgIpc) is 2.83. The number of hydrogen-bond acceptors (Lipinski definition) is 3. The first-order valence-corrected chi connectivity index (χ1v) is 19.8. The summed E-state index contributed by atoms with van der Waals surface area (Å²) in [4.78, 5) is 12.2. The van der Waals surface area contributed by atoms with E-state index in [9.17, 15) is 4.79 Å². The largest absolute Gasteiger partial charge is 0.508 e. The van der Waals surface area contributed by atoms with Crippen molar-refractivity contribution >= 4 is 43.8 Å². The quantitative estimate of drug-likeness (QED) is 0.157. The first kappa shape index (κ1) is 26.2. The number of carbonyl (C=O) groups is 1. The third-order valence-corrected chi connectivity index (χ3v) is 12.8. The van der Waals surface area contributed by atoms with Crippen molar-refractivity contribution in [3.05, 3.63) is 96.1 Å². The zero-order chi connectivity index (χ0) is 25.6. The Bertz CT molecular complexity index is 1230. The van der Waals surface area contributed by atoms with Gasteiger partial charge in [0, 0.05) is 0 Å². The maximum Gasteiger partial charge on any atom is 0.508 e. The second-order valence-electron chi connectivity index (χ2n) is 11.5. The lowest BCUT2D eigenvalue weighted by atomic mass is 10.1. The SMILES string of the molecule is C[Si](C)(CCOC(=O)OCC[Si](C)(C)Cc1ccc2ccccc2c1)Cc1ccc2ccccc2c1. The number of hydrogen-bond donors (Lipinski definition) is 0. The van der Waals surface area contributed by atoms with Crippen molar-refractivity contribution in [2.45, 2.75) is 50.4 Å². The summed E-state index contributed by atoms with van der Waals surface area (Å²) in [6.07, 6.45) is -0.527. The molecule has 4 aromatic rings. The van der Waals surface area contributed by atoms with Crippen LogP contribution in [0.3, 0.4) is 0 Å². The Hall–Kier alpha value is -2.90. The van der Waals surface area contributed by atoms with E-state index in [1.165, 1.54) is 32.7 Å². The van der Waals surface area contributed by atoms with Crippen molar-refractivity contribution in [2.24, 2.45) is 0 Å². The Balaban J connectivity index is 1.18. The van der Waals surface area contributed by atoms with Crippen molar-refractivity contribution in [3.63, 3.8) is 0 Å². The molecule has 4 rings (SSSR count). The fraction of sp³-hybridized carbons (Fsp3) is 0.323. The molecule has 0 fully saturated rings. The molecule has 0 N–H and O–H groups in total. The van der Waals surface area contributed by atoms with Gasteiger partial charge in [0.25, 0.3) is 0 Å². The van der Waals surface area contributed by atoms with Gasteiger partial charge in [0.1, 0.15) is 0 Å². The summed E-state index contributed by atoms with van der Waals surface area (Å²) in [5, 5.41) is 5.11. The van der Waals surface area contributed by atoms with Crippen LogP contribution in [0.2, 0.25) is 38.3 Å². The highest BCUT2D eigenvalue weighted by Crippen LogP contribution is 2.23. The van der Waals surface area contributed by atoms with Gasteiger partial charge in [0.2, 0.25) is 0 Å². The standard InChI is InChI=1S/C31H38O3Si2/c1-35(2,23-25-13-15-27-9-5-7-11-29(27)21-25)19-17-33-31(32)34-18-20-36(3,4)24-26-14-16-28-10-6-8-12-30(28)22-26/h5-16,21-22H,17-20,23-24H2,1-4H3. The van der Waals surface area contributed by atoms with Gasteiger partial charge in [0.05, 0.1) is 29.4 Å². The second kappa shape index (κ2) is 11.4. The molecule has 0 radical (unpaired) electrons. The minimum atomic E-state index is -1.55. The van der Waals surface area contributed by atoms with Gasteiger partial charge in [0.15, 0.2) is 0 Å². The summed E-state index contributed by atoms with van der Waals surface area (Å²) >= 11 is 0. The van der Waals surface area contributed by atoms with Crippen LogP contribution < -0.4 is 0 Å². The minimum Gasteiger partial charge on any atom is -0.435 e. The molecule has 188 valence electrons. The van der Waals surface area contributed by atoms with Gasteiger partial charge in [-0.25, -0.2) is 4.79 Å². The van der Waals surface area contributed by atoms with E-state index in [2.05, 4.69) is 111 Å². The van der Waals surface area contributed by atoms with E-state index in [1.54, 1.807) is 0 Å². The Morgan fingerprint density at radius 1 is 0.583 bits per heavy atom. The third-order valence-electron chi connectivity index (χ3n) is 6.99. The number of rotatable bonds is 10. The summed E-state index contributed by atoms with van der Waals surface area (Å²) in [5.74, 6) is 0. The molecular formula is C31H38O3Si2. The normalized spacial score (nSPS) is 12.1. The van der Waals surface area contributed by atoms with E-state index < -0.39 is 22.3 Å². The van der Waals surface area contributed by atoms with Crippen molar-refractivity contribution in [2.75, 3.05) is 13.2 Å². The van der Waals surface area contributed by atoms with Gasteiger partial charge in [-0.3, -0.25) is 0 Å². The van der Waals surface area contributed by atoms with E-state index in [0.29, 0.717) is 13.2 Å². The molecule has 0 aliphatic heterocycles. The lowest BCUT2D eigenvalue weighted by Crippen LogP contribution is -2.32. The Morgan fingerprint density at radius 3 is 1.39 bits per heavy atom. The Labute approximate surface area is 217 Å². The molecule has 0 aliphatic rings. The molecular weight excluding hydrogens is 477 g/mol. The first-order valence-electron chi connectivity index (χ1n) is 12.9. The fourth-order valence-electron chi connectivity index (χ4n) is 4.84. The molecule has 0 aliphatic carbocycles. The summed E-state index contributed by atoms with van der Waals surface area (Å²) in [7, 11) is -3.10. The highest BCUT2D eigenvalue weighted by atomic mass is 28.3. The molecule has 0 amide bonds. The number of carbonyl (C=O) groups excluding carboxylic acids is 1. The zero-order valence-corrected chi connectivity index (χ0v) is 24.1. The molecule has 0 saturated heterocycles. The molecule has 0 unspecified atom stereocenters. The van der Waals surface area contributed by atoms with E-state index >= 15 is 0 Å². The molecule has 0 atom stereocenters. The fourth-order valence-corrected chi connectivity index (χ4v) is 9.16. The molecule has 4 aromatic carbocycles. The Morgan fingerprint density at radius 2 is 0.972 bits per heavy atom. The smallest absolute Gasteiger partial charge is 0.435 e. The number of ether oxygens (including phenoxy) is 2. The molecule has 5 heteroatoms. The second-order valence-corrected chi connectivity index (χ2v) is 21.9. The predicted octanol–water partition coefficient (Wildman–Crippen LogP) is 8.43. The van der Waals surface area contributed by atoms with Crippen molar-refractivity contribution in [1.82, 2.24) is 0 Å². The van der Waals surface area contributed by atoms with E-state index in [0.717, 1.165) is 24.2 Å². The van der Waals surface area contributed by atoms with E-state index in [1.807, 2.05) is 0 Å². The molecule has 36 heavy (non-hydrogen) atoms. The minimum absolute atomic E-state index is 0.434. The van der Waals surface area contributed by atoms with Crippen LogP contribution in [0.15, 0.2) is 84.9 Å². The average molecular weight is 515 g/mol. The molecule has 3 nitrogen and oxygen atoms in total. The predicted molar refractivity (Wildman–Crippen MR) is 157 cm³/mol. The topological polar surface area (TPSA) is 35.5 Å². The van der Waals surface area contributed by atoms with Gasteiger partial charge in [-0.05, 0) is 45.7 Å². The monoisotopic (exact) mass is 514 g/mol. The van der Waals surface area contributed by atoms with Crippen molar-refractivity contribution in [1.29, 1.82) is 0 Å². The zero-order valence-electron chi connectivity index (χ0n) is 22.1. The lowest BCUT2D eigenvalue weighted by molar-refractivity contribution is 0.0625. The number of fused-ring (bicyclic) bond motifs is 2. The first-order chi connectivity index (χ1) is 17.2. The number of benzene rings is 4. The molecule has 0 aromatic heterocycles. The molecule has 0 bridgehead atoms. The third kappa shape index (κ3) is 7.55. The van der Waals surface area contributed by atoms with Crippen LogP contribution >= 0.6 is 0 Å².